The zero-order chi connectivity index (χ0) is 24.6. The van der Waals surface area contributed by atoms with Crippen LogP contribution < -0.4 is 10.6 Å². The van der Waals surface area contributed by atoms with Crippen LogP contribution in [0.5, 0.6) is 0 Å². The van der Waals surface area contributed by atoms with Crippen LogP contribution in [-0.2, 0) is 12.4 Å². The molecule has 2 amide bonds. The fraction of sp³-hybridized carbons (Fsp3) is 0.105. The number of benzene rings is 2. The Morgan fingerprint density at radius 3 is 1.94 bits per heavy atom. The number of rotatable bonds is 3. The molecule has 0 aliphatic carbocycles. The van der Waals surface area contributed by atoms with Gasteiger partial charge in [-0.25, -0.2) is 9.48 Å². The SMILES string of the molecule is N#Cc1cc(NC(=O)Nc2ccc(C(F)(F)F)cc2)n(-c2c(Cl)cc(C(F)(F)F)cc2Cl)n1. The van der Waals surface area contributed by atoms with Gasteiger partial charge in [0.2, 0.25) is 0 Å². The largest absolute Gasteiger partial charge is 0.416 e. The standard InChI is InChI=1S/C19H9Cl2F6N5O/c20-13-5-10(19(25,26)27)6-14(21)16(13)32-15(7-12(8-28)31-32)30-17(33)29-11-3-1-9(2-4-11)18(22,23)24/h1-7H,(H2,29,30,33). The average Bonchev–Trinajstić information content (AvgIpc) is 3.08. The summed E-state index contributed by atoms with van der Waals surface area (Å²) in [4.78, 5) is 12.3. The van der Waals surface area contributed by atoms with Gasteiger partial charge in [0.1, 0.15) is 17.6 Å². The molecular weight excluding hydrogens is 499 g/mol. The summed E-state index contributed by atoms with van der Waals surface area (Å²) >= 11 is 11.9. The summed E-state index contributed by atoms with van der Waals surface area (Å²) in [6, 6.07) is 6.60. The van der Waals surface area contributed by atoms with E-state index in [-0.39, 0.29) is 22.9 Å². The molecule has 2 aromatic carbocycles. The van der Waals surface area contributed by atoms with Crippen molar-refractivity contribution in [2.45, 2.75) is 12.4 Å². The van der Waals surface area contributed by atoms with E-state index < -0.39 is 39.6 Å². The number of hydrogen-bond donors (Lipinski definition) is 2. The zero-order valence-electron chi connectivity index (χ0n) is 15.8. The number of urea groups is 1. The highest BCUT2D eigenvalue weighted by Crippen LogP contribution is 2.38. The molecule has 0 fully saturated rings. The number of hydrogen-bond acceptors (Lipinski definition) is 3. The molecule has 3 aromatic rings. The van der Waals surface area contributed by atoms with E-state index in [0.717, 1.165) is 35.0 Å². The number of nitrogens with zero attached hydrogens (tertiary/aromatic N) is 3. The van der Waals surface area contributed by atoms with Crippen LogP contribution in [0.3, 0.4) is 0 Å². The van der Waals surface area contributed by atoms with Gasteiger partial charge >= 0.3 is 18.4 Å². The first-order valence-electron chi connectivity index (χ1n) is 8.61. The Morgan fingerprint density at radius 1 is 0.909 bits per heavy atom. The third-order valence-corrected chi connectivity index (χ3v) is 4.67. The van der Waals surface area contributed by atoms with Crippen molar-refractivity contribution in [2.24, 2.45) is 0 Å². The molecule has 0 saturated carbocycles. The number of aromatic nitrogens is 2. The van der Waals surface area contributed by atoms with E-state index in [1.807, 2.05) is 0 Å². The van der Waals surface area contributed by atoms with Crippen LogP contribution >= 0.6 is 23.2 Å². The van der Waals surface area contributed by atoms with Crippen molar-refractivity contribution < 1.29 is 31.1 Å². The van der Waals surface area contributed by atoms with E-state index in [2.05, 4.69) is 15.7 Å². The van der Waals surface area contributed by atoms with Gasteiger partial charge in [-0.05, 0) is 36.4 Å². The van der Waals surface area contributed by atoms with Crippen LogP contribution in [-0.4, -0.2) is 15.8 Å². The summed E-state index contributed by atoms with van der Waals surface area (Å²) in [6.45, 7) is 0. The Balaban J connectivity index is 1.90. The lowest BCUT2D eigenvalue weighted by Crippen LogP contribution is -2.21. The van der Waals surface area contributed by atoms with Crippen molar-refractivity contribution in [3.8, 4) is 11.8 Å². The van der Waals surface area contributed by atoms with Gasteiger partial charge in [0.05, 0.1) is 21.2 Å². The summed E-state index contributed by atoms with van der Waals surface area (Å²) in [5.74, 6) is -0.195. The number of anilines is 2. The van der Waals surface area contributed by atoms with E-state index in [4.69, 9.17) is 28.5 Å². The van der Waals surface area contributed by atoms with Gasteiger partial charge in [0, 0.05) is 11.8 Å². The minimum Gasteiger partial charge on any atom is -0.308 e. The Morgan fingerprint density at radius 2 is 1.45 bits per heavy atom. The molecule has 1 aromatic heterocycles. The molecule has 0 unspecified atom stereocenters. The topological polar surface area (TPSA) is 82.7 Å². The van der Waals surface area contributed by atoms with Crippen LogP contribution in [0.15, 0.2) is 42.5 Å². The number of carbonyl (C=O) groups excluding carboxylic acids is 1. The lowest BCUT2D eigenvalue weighted by Gasteiger charge is -2.15. The monoisotopic (exact) mass is 507 g/mol. The lowest BCUT2D eigenvalue weighted by atomic mass is 10.2. The highest BCUT2D eigenvalue weighted by molar-refractivity contribution is 6.38. The highest BCUT2D eigenvalue weighted by Gasteiger charge is 2.33. The van der Waals surface area contributed by atoms with Gasteiger partial charge in [-0.3, -0.25) is 5.32 Å². The molecule has 14 heteroatoms. The molecule has 0 aliphatic rings. The number of carbonyl (C=O) groups is 1. The number of nitriles is 1. The summed E-state index contributed by atoms with van der Waals surface area (Å²) in [5.41, 5.74) is -2.50. The molecule has 6 nitrogen and oxygen atoms in total. The summed E-state index contributed by atoms with van der Waals surface area (Å²) < 4.78 is 77.7. The van der Waals surface area contributed by atoms with Crippen molar-refractivity contribution in [3.05, 3.63) is 69.3 Å². The fourth-order valence-corrected chi connectivity index (χ4v) is 3.30. The Labute approximate surface area is 191 Å². The Kier molecular flexibility index (Phi) is 6.49. The summed E-state index contributed by atoms with van der Waals surface area (Å²) in [6.07, 6.45) is -9.28. The maximum atomic E-state index is 13.0. The van der Waals surface area contributed by atoms with E-state index in [0.29, 0.717) is 12.1 Å². The number of alkyl halides is 6. The second kappa shape index (κ2) is 8.84. The maximum absolute atomic E-state index is 13.0. The molecule has 0 aliphatic heterocycles. The molecular formula is C19H9Cl2F6N5O. The number of nitrogens with one attached hydrogen (secondary N) is 2. The zero-order valence-corrected chi connectivity index (χ0v) is 17.3. The maximum Gasteiger partial charge on any atom is 0.416 e. The van der Waals surface area contributed by atoms with E-state index in [9.17, 15) is 31.1 Å². The summed E-state index contributed by atoms with van der Waals surface area (Å²) in [7, 11) is 0. The number of halogens is 8. The van der Waals surface area contributed by atoms with Crippen LogP contribution in [0.4, 0.5) is 42.6 Å². The fourth-order valence-electron chi connectivity index (χ4n) is 2.65. The number of amides is 2. The lowest BCUT2D eigenvalue weighted by molar-refractivity contribution is -0.138. The predicted octanol–water partition coefficient (Wildman–Crippen LogP) is 6.73. The van der Waals surface area contributed by atoms with Gasteiger partial charge in [-0.2, -0.15) is 36.7 Å². The first-order valence-corrected chi connectivity index (χ1v) is 9.37. The quantitative estimate of drug-likeness (QED) is 0.385. The molecule has 3 rings (SSSR count). The highest BCUT2D eigenvalue weighted by atomic mass is 35.5. The first-order chi connectivity index (χ1) is 15.3. The molecule has 172 valence electrons. The average molecular weight is 508 g/mol. The van der Waals surface area contributed by atoms with Crippen molar-refractivity contribution in [1.29, 1.82) is 5.26 Å². The smallest absolute Gasteiger partial charge is 0.308 e. The minimum atomic E-state index is -4.73. The summed E-state index contributed by atoms with van der Waals surface area (Å²) in [5, 5.41) is 16.6. The van der Waals surface area contributed by atoms with Crippen molar-refractivity contribution in [3.63, 3.8) is 0 Å². The van der Waals surface area contributed by atoms with Gasteiger partial charge in [-0.1, -0.05) is 23.2 Å². The predicted molar refractivity (Wildman–Crippen MR) is 107 cm³/mol. The molecule has 0 spiro atoms. The van der Waals surface area contributed by atoms with Gasteiger partial charge in [-0.15, -0.1) is 0 Å². The third-order valence-electron chi connectivity index (χ3n) is 4.09. The van der Waals surface area contributed by atoms with Crippen LogP contribution in [0.25, 0.3) is 5.69 Å². The molecule has 0 bridgehead atoms. The van der Waals surface area contributed by atoms with Crippen LogP contribution in [0, 0.1) is 11.3 Å². The normalized spacial score (nSPS) is 11.7. The minimum absolute atomic E-state index is 0.0117. The molecule has 0 atom stereocenters. The van der Waals surface area contributed by atoms with Crippen LogP contribution in [0.1, 0.15) is 16.8 Å². The van der Waals surface area contributed by atoms with E-state index in [1.165, 1.54) is 0 Å². The van der Waals surface area contributed by atoms with E-state index in [1.54, 1.807) is 6.07 Å². The van der Waals surface area contributed by atoms with Crippen molar-refractivity contribution in [1.82, 2.24) is 9.78 Å². The molecule has 0 radical (unpaired) electrons. The van der Waals surface area contributed by atoms with Crippen LogP contribution in [0.2, 0.25) is 10.0 Å². The molecule has 2 N–H and O–H groups in total. The Bertz CT molecular complexity index is 1220. The first kappa shape index (κ1) is 24.2. The van der Waals surface area contributed by atoms with E-state index >= 15 is 0 Å². The molecule has 0 saturated heterocycles. The third kappa shape index (κ3) is 5.50. The van der Waals surface area contributed by atoms with Gasteiger partial charge in [0.25, 0.3) is 0 Å². The van der Waals surface area contributed by atoms with Gasteiger partial charge < -0.3 is 5.32 Å². The van der Waals surface area contributed by atoms with Crippen molar-refractivity contribution >= 4 is 40.7 Å². The molecule has 33 heavy (non-hydrogen) atoms. The second-order valence-corrected chi connectivity index (χ2v) is 7.19. The molecule has 1 heterocycles. The van der Waals surface area contributed by atoms with Gasteiger partial charge in [0.15, 0.2) is 5.69 Å². The Hall–Kier alpha value is -3.43. The van der Waals surface area contributed by atoms with Crippen molar-refractivity contribution in [2.75, 3.05) is 10.6 Å². The second-order valence-electron chi connectivity index (χ2n) is 6.38.